The fourth-order valence-electron chi connectivity index (χ4n) is 1.50. The van der Waals surface area contributed by atoms with Gasteiger partial charge in [0.15, 0.2) is 5.96 Å². The Bertz CT molecular complexity index is 495. The maximum Gasteiger partial charge on any atom is 0.243 e. The number of benzene rings is 1. The number of carbonyl (C=O) groups excluding carboxylic acids is 1. The first-order chi connectivity index (χ1) is 10.5. The number of ether oxygens (including phenoxy) is 1. The van der Waals surface area contributed by atoms with E-state index >= 15 is 0 Å². The van der Waals surface area contributed by atoms with Gasteiger partial charge < -0.3 is 20.3 Å². The summed E-state index contributed by atoms with van der Waals surface area (Å²) in [5, 5.41) is 6.87. The fourth-order valence-corrected chi connectivity index (χ4v) is 1.62. The van der Waals surface area contributed by atoms with Crippen molar-refractivity contribution >= 4 is 47.4 Å². The Labute approximate surface area is 159 Å². The van der Waals surface area contributed by atoms with Gasteiger partial charge >= 0.3 is 0 Å². The molecular formula is C15H24ClIN4O2. The topological polar surface area (TPSA) is 66.0 Å². The quantitative estimate of drug-likeness (QED) is 0.286. The van der Waals surface area contributed by atoms with Crippen molar-refractivity contribution in [2.24, 2.45) is 4.99 Å². The van der Waals surface area contributed by atoms with Crippen LogP contribution in [-0.4, -0.2) is 57.1 Å². The number of rotatable bonds is 7. The summed E-state index contributed by atoms with van der Waals surface area (Å²) >= 11 is 5.81. The van der Waals surface area contributed by atoms with Crippen molar-refractivity contribution in [3.8, 4) is 5.75 Å². The predicted octanol–water partition coefficient (Wildman–Crippen LogP) is 1.98. The largest absolute Gasteiger partial charge is 0.492 e. The van der Waals surface area contributed by atoms with E-state index in [4.69, 9.17) is 16.3 Å². The van der Waals surface area contributed by atoms with Crippen LogP contribution in [0.3, 0.4) is 0 Å². The van der Waals surface area contributed by atoms with Crippen LogP contribution in [-0.2, 0) is 4.79 Å². The number of carbonyl (C=O) groups is 1. The van der Waals surface area contributed by atoms with Crippen molar-refractivity contribution < 1.29 is 9.53 Å². The third-order valence-electron chi connectivity index (χ3n) is 2.69. The smallest absolute Gasteiger partial charge is 0.243 e. The van der Waals surface area contributed by atoms with Crippen LogP contribution in [0.4, 0.5) is 0 Å². The van der Waals surface area contributed by atoms with Crippen LogP contribution in [0.2, 0.25) is 5.02 Å². The second kappa shape index (κ2) is 12.2. The van der Waals surface area contributed by atoms with Crippen molar-refractivity contribution in [2.75, 3.05) is 40.3 Å². The van der Waals surface area contributed by atoms with Crippen molar-refractivity contribution in [2.45, 2.75) is 6.92 Å². The second-order valence-electron chi connectivity index (χ2n) is 4.71. The molecule has 0 aliphatic heterocycles. The van der Waals surface area contributed by atoms with Crippen molar-refractivity contribution in [1.29, 1.82) is 0 Å². The molecular weight excluding hydrogens is 431 g/mol. The Morgan fingerprint density at radius 1 is 1.26 bits per heavy atom. The van der Waals surface area contributed by atoms with Gasteiger partial charge in [0.05, 0.1) is 6.54 Å². The van der Waals surface area contributed by atoms with Gasteiger partial charge in [0, 0.05) is 25.7 Å². The molecule has 23 heavy (non-hydrogen) atoms. The molecule has 0 fully saturated rings. The van der Waals surface area contributed by atoms with Crippen LogP contribution in [0.5, 0.6) is 5.75 Å². The number of halogens is 2. The number of aliphatic imine (C=N–C) groups is 1. The summed E-state index contributed by atoms with van der Waals surface area (Å²) in [4.78, 5) is 17.3. The fraction of sp³-hybridized carbons (Fsp3) is 0.467. The number of nitrogens with zero attached hydrogens (tertiary/aromatic N) is 2. The average Bonchev–Trinajstić information content (AvgIpc) is 2.50. The summed E-state index contributed by atoms with van der Waals surface area (Å²) < 4.78 is 5.57. The standard InChI is InChI=1S/C15H23ClN4O2.HI/c1-4-17-15(19-11-14(21)20(2)3)18-9-10-22-13-7-5-12(16)6-8-13;/h5-8H,4,9-11H2,1-3H3,(H2,17,18,19);1H. The molecule has 130 valence electrons. The number of amides is 1. The highest BCUT2D eigenvalue weighted by Crippen LogP contribution is 2.14. The molecule has 0 saturated heterocycles. The zero-order valence-electron chi connectivity index (χ0n) is 13.6. The van der Waals surface area contributed by atoms with Gasteiger partial charge in [-0.2, -0.15) is 0 Å². The molecule has 0 saturated carbocycles. The van der Waals surface area contributed by atoms with Gasteiger partial charge in [-0.15, -0.1) is 24.0 Å². The van der Waals surface area contributed by atoms with Gasteiger partial charge in [-0.25, -0.2) is 4.99 Å². The first-order valence-electron chi connectivity index (χ1n) is 7.13. The zero-order valence-corrected chi connectivity index (χ0v) is 16.7. The third-order valence-corrected chi connectivity index (χ3v) is 2.94. The number of likely N-dealkylation sites (N-methyl/N-ethyl adjacent to an activating group) is 1. The van der Waals surface area contributed by atoms with Crippen LogP contribution in [0.25, 0.3) is 0 Å². The molecule has 0 atom stereocenters. The van der Waals surface area contributed by atoms with Crippen LogP contribution in [0.1, 0.15) is 6.92 Å². The molecule has 0 bridgehead atoms. The van der Waals surface area contributed by atoms with E-state index in [2.05, 4.69) is 15.6 Å². The van der Waals surface area contributed by atoms with E-state index < -0.39 is 0 Å². The molecule has 1 rings (SSSR count). The highest BCUT2D eigenvalue weighted by atomic mass is 127. The lowest BCUT2D eigenvalue weighted by atomic mass is 10.3. The van der Waals surface area contributed by atoms with E-state index in [0.717, 1.165) is 12.3 Å². The summed E-state index contributed by atoms with van der Waals surface area (Å²) in [6.07, 6.45) is 0. The number of nitrogens with one attached hydrogen (secondary N) is 2. The minimum atomic E-state index is -0.0467. The lowest BCUT2D eigenvalue weighted by Crippen LogP contribution is -2.40. The summed E-state index contributed by atoms with van der Waals surface area (Å²) in [6.45, 7) is 3.86. The summed E-state index contributed by atoms with van der Waals surface area (Å²) in [5.74, 6) is 1.31. The SMILES string of the molecule is CCNC(=NCC(=O)N(C)C)NCCOc1ccc(Cl)cc1.I. The molecule has 0 aliphatic rings. The van der Waals surface area contributed by atoms with E-state index in [-0.39, 0.29) is 36.4 Å². The van der Waals surface area contributed by atoms with Crippen LogP contribution in [0.15, 0.2) is 29.3 Å². The highest BCUT2D eigenvalue weighted by molar-refractivity contribution is 14.0. The van der Waals surface area contributed by atoms with E-state index in [0.29, 0.717) is 24.1 Å². The number of guanidine groups is 1. The molecule has 0 radical (unpaired) electrons. The molecule has 0 unspecified atom stereocenters. The van der Waals surface area contributed by atoms with Crippen molar-refractivity contribution in [1.82, 2.24) is 15.5 Å². The van der Waals surface area contributed by atoms with E-state index in [9.17, 15) is 4.79 Å². The van der Waals surface area contributed by atoms with E-state index in [1.54, 1.807) is 26.2 Å². The summed E-state index contributed by atoms with van der Waals surface area (Å²) in [6, 6.07) is 7.19. The monoisotopic (exact) mass is 454 g/mol. The average molecular weight is 455 g/mol. The minimum absolute atomic E-state index is 0. The van der Waals surface area contributed by atoms with Crippen molar-refractivity contribution in [3.05, 3.63) is 29.3 Å². The third kappa shape index (κ3) is 9.50. The Morgan fingerprint density at radius 2 is 1.91 bits per heavy atom. The Morgan fingerprint density at radius 3 is 2.48 bits per heavy atom. The number of hydrogen-bond acceptors (Lipinski definition) is 3. The normalized spacial score (nSPS) is 10.5. The molecule has 8 heteroatoms. The Hall–Kier alpha value is -1.22. The summed E-state index contributed by atoms with van der Waals surface area (Å²) in [5.41, 5.74) is 0. The molecule has 0 spiro atoms. The maximum atomic E-state index is 11.5. The minimum Gasteiger partial charge on any atom is -0.492 e. The van der Waals surface area contributed by atoms with Crippen LogP contribution < -0.4 is 15.4 Å². The first kappa shape index (κ1) is 21.8. The lowest BCUT2D eigenvalue weighted by molar-refractivity contribution is -0.127. The second-order valence-corrected chi connectivity index (χ2v) is 5.15. The molecule has 0 aromatic heterocycles. The molecule has 2 N–H and O–H groups in total. The zero-order chi connectivity index (χ0) is 16.4. The van der Waals surface area contributed by atoms with Gasteiger partial charge in [-0.05, 0) is 31.2 Å². The molecule has 1 aromatic rings. The highest BCUT2D eigenvalue weighted by Gasteiger charge is 2.03. The summed E-state index contributed by atoms with van der Waals surface area (Å²) in [7, 11) is 3.41. The first-order valence-corrected chi connectivity index (χ1v) is 7.51. The molecule has 1 aromatic carbocycles. The number of hydrogen-bond donors (Lipinski definition) is 2. The predicted molar refractivity (Wildman–Crippen MR) is 105 cm³/mol. The van der Waals surface area contributed by atoms with Gasteiger partial charge in [-0.3, -0.25) is 4.79 Å². The van der Waals surface area contributed by atoms with Crippen LogP contribution in [0, 0.1) is 0 Å². The van der Waals surface area contributed by atoms with Crippen molar-refractivity contribution in [3.63, 3.8) is 0 Å². The van der Waals surface area contributed by atoms with Gasteiger partial charge in [0.1, 0.15) is 18.9 Å². The molecule has 0 aliphatic carbocycles. The maximum absolute atomic E-state index is 11.5. The lowest BCUT2D eigenvalue weighted by Gasteiger charge is -2.13. The van der Waals surface area contributed by atoms with E-state index in [1.165, 1.54) is 4.90 Å². The molecule has 1 amide bonds. The van der Waals surface area contributed by atoms with Crippen LogP contribution >= 0.6 is 35.6 Å². The van der Waals surface area contributed by atoms with Gasteiger partial charge in [0.2, 0.25) is 5.91 Å². The van der Waals surface area contributed by atoms with E-state index in [1.807, 2.05) is 19.1 Å². The Kier molecular flexibility index (Phi) is 11.6. The van der Waals surface area contributed by atoms with Gasteiger partial charge in [0.25, 0.3) is 0 Å². The Balaban J connectivity index is 0.00000484. The molecule has 0 heterocycles. The van der Waals surface area contributed by atoms with Gasteiger partial charge in [-0.1, -0.05) is 11.6 Å². The molecule has 6 nitrogen and oxygen atoms in total.